The van der Waals surface area contributed by atoms with E-state index in [9.17, 15) is 0 Å². The van der Waals surface area contributed by atoms with Crippen molar-refractivity contribution in [2.24, 2.45) is 10.8 Å². The highest BCUT2D eigenvalue weighted by Gasteiger charge is 2.47. The molecule has 1 aromatic carbocycles. The lowest BCUT2D eigenvalue weighted by molar-refractivity contribution is 0.0913. The van der Waals surface area contributed by atoms with Gasteiger partial charge in [-0.2, -0.15) is 0 Å². The highest BCUT2D eigenvalue weighted by molar-refractivity contribution is 5.32. The molecule has 0 nitrogen and oxygen atoms in total. The van der Waals surface area contributed by atoms with E-state index in [1.807, 2.05) is 0 Å². The molecule has 1 atom stereocenters. The molecule has 1 saturated carbocycles. The van der Waals surface area contributed by atoms with Crippen LogP contribution in [0.5, 0.6) is 0 Å². The maximum absolute atomic E-state index is 2.51. The van der Waals surface area contributed by atoms with Crippen LogP contribution in [0.3, 0.4) is 0 Å². The second kappa shape index (κ2) is 4.65. The summed E-state index contributed by atoms with van der Waals surface area (Å²) >= 11 is 0. The standard InChI is InChI=1S/C19H30/c1-15-10-7-8-11-16(15)17(2,3)14-19(6)13-9-12-18(19,4)5/h7-8,10-11H,9,12-14H2,1-6H3/t19-/m0/s1. The van der Waals surface area contributed by atoms with E-state index >= 15 is 0 Å². The normalized spacial score (nSPS) is 26.6. The highest BCUT2D eigenvalue weighted by Crippen LogP contribution is 2.57. The Kier molecular flexibility index (Phi) is 3.58. The second-order valence-electron chi connectivity index (χ2n) is 8.17. The molecule has 2 rings (SSSR count). The maximum Gasteiger partial charge on any atom is -0.00956 e. The quantitative estimate of drug-likeness (QED) is 0.635. The molecule has 0 unspecified atom stereocenters. The fraction of sp³-hybridized carbons (Fsp3) is 0.684. The monoisotopic (exact) mass is 258 g/mol. The molecule has 0 bridgehead atoms. The third-order valence-corrected chi connectivity index (χ3v) is 5.87. The SMILES string of the molecule is Cc1ccccc1C(C)(C)C[C@]1(C)CCCC1(C)C. The fourth-order valence-electron chi connectivity index (χ4n) is 4.29. The lowest BCUT2D eigenvalue weighted by Crippen LogP contribution is -2.36. The summed E-state index contributed by atoms with van der Waals surface area (Å²) < 4.78 is 0. The lowest BCUT2D eigenvalue weighted by atomic mass is 9.60. The number of hydrogen-bond acceptors (Lipinski definition) is 0. The molecule has 0 heteroatoms. The maximum atomic E-state index is 2.51. The molecule has 0 spiro atoms. The van der Waals surface area contributed by atoms with Crippen molar-refractivity contribution in [2.75, 3.05) is 0 Å². The van der Waals surface area contributed by atoms with Gasteiger partial charge in [0.25, 0.3) is 0 Å². The molecule has 1 fully saturated rings. The van der Waals surface area contributed by atoms with E-state index in [-0.39, 0.29) is 5.41 Å². The van der Waals surface area contributed by atoms with Crippen molar-refractivity contribution in [1.29, 1.82) is 0 Å². The van der Waals surface area contributed by atoms with Crippen LogP contribution in [0.2, 0.25) is 0 Å². The van der Waals surface area contributed by atoms with Crippen molar-refractivity contribution in [3.05, 3.63) is 35.4 Å². The van der Waals surface area contributed by atoms with Crippen molar-refractivity contribution in [3.8, 4) is 0 Å². The van der Waals surface area contributed by atoms with Crippen molar-refractivity contribution in [3.63, 3.8) is 0 Å². The van der Waals surface area contributed by atoms with Crippen LogP contribution < -0.4 is 0 Å². The Morgan fingerprint density at radius 2 is 1.68 bits per heavy atom. The Morgan fingerprint density at radius 3 is 2.21 bits per heavy atom. The predicted molar refractivity (Wildman–Crippen MR) is 84.6 cm³/mol. The Balaban J connectivity index is 2.30. The van der Waals surface area contributed by atoms with Crippen LogP contribution in [0.1, 0.15) is 71.4 Å². The van der Waals surface area contributed by atoms with Crippen LogP contribution in [-0.4, -0.2) is 0 Å². The Hall–Kier alpha value is -0.780. The van der Waals surface area contributed by atoms with Gasteiger partial charge in [-0.05, 0) is 53.6 Å². The minimum atomic E-state index is 0.266. The van der Waals surface area contributed by atoms with Crippen LogP contribution in [0.15, 0.2) is 24.3 Å². The molecule has 0 heterocycles. The van der Waals surface area contributed by atoms with Crippen LogP contribution in [0.4, 0.5) is 0 Å². The molecular formula is C19H30. The van der Waals surface area contributed by atoms with Gasteiger partial charge < -0.3 is 0 Å². The number of benzene rings is 1. The average Bonchev–Trinajstić information content (AvgIpc) is 2.52. The van der Waals surface area contributed by atoms with Crippen LogP contribution in [0.25, 0.3) is 0 Å². The van der Waals surface area contributed by atoms with E-state index < -0.39 is 0 Å². The van der Waals surface area contributed by atoms with Crippen molar-refractivity contribution < 1.29 is 0 Å². The van der Waals surface area contributed by atoms with Gasteiger partial charge in [-0.25, -0.2) is 0 Å². The van der Waals surface area contributed by atoms with Crippen molar-refractivity contribution in [1.82, 2.24) is 0 Å². The van der Waals surface area contributed by atoms with E-state index in [1.165, 1.54) is 36.8 Å². The zero-order valence-corrected chi connectivity index (χ0v) is 13.6. The van der Waals surface area contributed by atoms with Crippen LogP contribution >= 0.6 is 0 Å². The first kappa shape index (κ1) is 14.6. The zero-order chi connectivity index (χ0) is 14.3. The minimum absolute atomic E-state index is 0.266. The van der Waals surface area contributed by atoms with E-state index in [0.29, 0.717) is 10.8 Å². The molecule has 106 valence electrons. The van der Waals surface area contributed by atoms with E-state index in [4.69, 9.17) is 0 Å². The smallest absolute Gasteiger partial charge is 0.00956 e. The van der Waals surface area contributed by atoms with Crippen molar-refractivity contribution >= 4 is 0 Å². The predicted octanol–water partition coefficient (Wildman–Crippen LogP) is 5.88. The van der Waals surface area contributed by atoms with Gasteiger partial charge in [-0.15, -0.1) is 0 Å². The molecule has 0 saturated heterocycles. The van der Waals surface area contributed by atoms with Gasteiger partial charge in [0.15, 0.2) is 0 Å². The van der Waals surface area contributed by atoms with Crippen LogP contribution in [-0.2, 0) is 5.41 Å². The van der Waals surface area contributed by atoms with Crippen LogP contribution in [0, 0.1) is 17.8 Å². The summed E-state index contributed by atoms with van der Waals surface area (Å²) in [6, 6.07) is 8.90. The largest absolute Gasteiger partial charge is 0.0620 e. The number of rotatable bonds is 3. The molecule has 0 N–H and O–H groups in total. The molecule has 0 aliphatic heterocycles. The second-order valence-corrected chi connectivity index (χ2v) is 8.17. The first-order valence-electron chi connectivity index (χ1n) is 7.74. The van der Waals surface area contributed by atoms with E-state index in [2.05, 4.69) is 65.8 Å². The van der Waals surface area contributed by atoms with E-state index in [1.54, 1.807) is 0 Å². The first-order chi connectivity index (χ1) is 8.68. The average molecular weight is 258 g/mol. The molecule has 1 aromatic rings. The summed E-state index contributed by atoms with van der Waals surface area (Å²) in [4.78, 5) is 0. The third kappa shape index (κ3) is 2.59. The van der Waals surface area contributed by atoms with Gasteiger partial charge in [-0.1, -0.05) is 65.3 Å². The molecular weight excluding hydrogens is 228 g/mol. The molecule has 0 amide bonds. The zero-order valence-electron chi connectivity index (χ0n) is 13.6. The van der Waals surface area contributed by atoms with E-state index in [0.717, 1.165) is 0 Å². The summed E-state index contributed by atoms with van der Waals surface area (Å²) in [6.45, 7) is 14.5. The molecule has 0 radical (unpaired) electrons. The van der Waals surface area contributed by atoms with Gasteiger partial charge in [0, 0.05) is 0 Å². The topological polar surface area (TPSA) is 0 Å². The highest BCUT2D eigenvalue weighted by atomic mass is 14.5. The van der Waals surface area contributed by atoms with Gasteiger partial charge in [0.2, 0.25) is 0 Å². The Bertz CT molecular complexity index is 453. The van der Waals surface area contributed by atoms with Gasteiger partial charge >= 0.3 is 0 Å². The summed E-state index contributed by atoms with van der Waals surface area (Å²) in [6.07, 6.45) is 5.45. The third-order valence-electron chi connectivity index (χ3n) is 5.87. The lowest BCUT2D eigenvalue weighted by Gasteiger charge is -2.44. The van der Waals surface area contributed by atoms with Gasteiger partial charge in [0.05, 0.1) is 0 Å². The van der Waals surface area contributed by atoms with Gasteiger partial charge in [-0.3, -0.25) is 0 Å². The van der Waals surface area contributed by atoms with Crippen molar-refractivity contribution in [2.45, 2.75) is 72.6 Å². The number of hydrogen-bond donors (Lipinski definition) is 0. The molecule has 1 aliphatic carbocycles. The van der Waals surface area contributed by atoms with Gasteiger partial charge in [0.1, 0.15) is 0 Å². The molecule has 0 aromatic heterocycles. The molecule has 1 aliphatic rings. The summed E-state index contributed by atoms with van der Waals surface area (Å²) in [5.74, 6) is 0. The summed E-state index contributed by atoms with van der Waals surface area (Å²) in [5.41, 5.74) is 4.18. The summed E-state index contributed by atoms with van der Waals surface area (Å²) in [5, 5.41) is 0. The first-order valence-corrected chi connectivity index (χ1v) is 7.74. The fourth-order valence-corrected chi connectivity index (χ4v) is 4.29. The number of aryl methyl sites for hydroxylation is 1. The Morgan fingerprint density at radius 1 is 1.05 bits per heavy atom. The molecule has 19 heavy (non-hydrogen) atoms. The minimum Gasteiger partial charge on any atom is -0.0620 e. The summed E-state index contributed by atoms with van der Waals surface area (Å²) in [7, 11) is 0. The Labute approximate surface area is 119 Å².